The molecule has 10 aromatic rings. The number of benzene rings is 7. The molecule has 0 saturated carbocycles. The molecule has 0 unspecified atom stereocenters. The lowest BCUT2D eigenvalue weighted by Gasteiger charge is -2.16. The molecule has 0 spiro atoms. The number of anilines is 1. The first-order valence-corrected chi connectivity index (χ1v) is 25.3. The van der Waals surface area contributed by atoms with Crippen LogP contribution < -0.4 is 5.32 Å². The average Bonchev–Trinajstić information content (AvgIpc) is 3.85. The van der Waals surface area contributed by atoms with Crippen LogP contribution in [-0.4, -0.2) is 24.1 Å². The van der Waals surface area contributed by atoms with E-state index in [-0.39, 0.29) is 0 Å². The minimum absolute atomic E-state index is 0.628. The molecule has 0 bridgehead atoms. The van der Waals surface area contributed by atoms with Gasteiger partial charge in [0.15, 0.2) is 17.5 Å². The quantitative estimate of drug-likeness (QED) is 0.0863. The first-order chi connectivity index (χ1) is 36.5. The molecule has 0 aliphatic heterocycles. The van der Waals surface area contributed by atoms with Crippen LogP contribution in [0.3, 0.4) is 0 Å². The maximum absolute atomic E-state index is 9.27. The zero-order valence-corrected chi connectivity index (χ0v) is 41.5. The van der Waals surface area contributed by atoms with Crippen molar-refractivity contribution in [2.45, 2.75) is 18.2 Å². The van der Waals surface area contributed by atoms with Crippen LogP contribution in [0, 0.1) is 11.3 Å². The molecular weight excluding hydrogens is 923 g/mol. The SMILES string of the molecule is C=C/C=C\C=C\n1c2ccccc2c2c1c(-c1ccccc1NC(/C=C\C(=C)Sc1ccc(C#N)cc1)=C/C)cc1c3ccccc3n(C3=CC=C(c4nc(-c5ccccc5)nc(-c5ccccc5)n4)CC=C3)c12. The number of allylic oxidation sites excluding steroid dienone is 13. The van der Waals surface area contributed by atoms with Gasteiger partial charge in [-0.25, -0.2) is 15.0 Å². The topological polar surface area (TPSA) is 84.4 Å². The number of aromatic nitrogens is 5. The summed E-state index contributed by atoms with van der Waals surface area (Å²) < 4.78 is 4.76. The molecular formula is C66H49N7S. The fraction of sp³-hybridized carbons (Fsp3) is 0.0303. The molecule has 0 saturated heterocycles. The number of fused-ring (bicyclic) bond motifs is 7. The molecule has 0 amide bonds. The molecule has 0 radical (unpaired) electrons. The Labute approximate surface area is 434 Å². The Morgan fingerprint density at radius 2 is 1.32 bits per heavy atom. The predicted octanol–water partition coefficient (Wildman–Crippen LogP) is 17.2. The highest BCUT2D eigenvalue weighted by Crippen LogP contribution is 2.47. The van der Waals surface area contributed by atoms with Gasteiger partial charge in [0.1, 0.15) is 0 Å². The molecule has 11 rings (SSSR count). The van der Waals surface area contributed by atoms with Crippen molar-refractivity contribution in [2.75, 3.05) is 5.32 Å². The standard InChI is InChI=1S/C66H49N7S/c1-4-6-7-20-42-72-59-32-18-16-30-55(59)61-62(72)56(53-28-14-17-31-58(53)68-50(5-2)38-34-45(3)74-52-40-35-46(44-67)36-41-52)43-57-54-29-15-19-33-60(54)73(63(57)61)51-27-21-26-49(37-39-51)66-70-64(47-22-10-8-11-23-47)69-65(71-66)48-24-12-9-13-25-48/h4-25,27-43,68H,1,3,26H2,2H3/b7-6-,38-34-,42-20+,50-5+. The van der Waals surface area contributed by atoms with Gasteiger partial charge in [-0.2, -0.15) is 5.26 Å². The van der Waals surface area contributed by atoms with E-state index in [1.807, 2.05) is 110 Å². The number of hydrogen-bond donors (Lipinski definition) is 1. The Balaban J connectivity index is 1.09. The van der Waals surface area contributed by atoms with Gasteiger partial charge in [-0.3, -0.25) is 0 Å². The van der Waals surface area contributed by atoms with E-state index >= 15 is 0 Å². The van der Waals surface area contributed by atoms with Crippen LogP contribution in [0.4, 0.5) is 5.69 Å². The van der Waals surface area contributed by atoms with E-state index in [9.17, 15) is 5.26 Å². The van der Waals surface area contributed by atoms with E-state index < -0.39 is 0 Å². The lowest BCUT2D eigenvalue weighted by Crippen LogP contribution is -2.02. The third-order valence-corrected chi connectivity index (χ3v) is 13.9. The van der Waals surface area contributed by atoms with E-state index in [0.29, 0.717) is 29.5 Å². The molecule has 7 aromatic carbocycles. The van der Waals surface area contributed by atoms with E-state index in [4.69, 9.17) is 15.0 Å². The summed E-state index contributed by atoms with van der Waals surface area (Å²) in [5.41, 5.74) is 12.9. The summed E-state index contributed by atoms with van der Waals surface area (Å²) in [6, 6.07) is 58.3. The highest BCUT2D eigenvalue weighted by Gasteiger charge is 2.25. The molecule has 7 nitrogen and oxygen atoms in total. The minimum Gasteiger partial charge on any atom is -0.355 e. The monoisotopic (exact) mass is 971 g/mol. The van der Waals surface area contributed by atoms with Crippen molar-refractivity contribution >= 4 is 78.5 Å². The number of thioether (sulfide) groups is 1. The van der Waals surface area contributed by atoms with Crippen molar-refractivity contribution in [3.8, 4) is 40.0 Å². The summed E-state index contributed by atoms with van der Waals surface area (Å²) in [4.78, 5) is 17.1. The lowest BCUT2D eigenvalue weighted by molar-refractivity contribution is 1.02. The Bertz CT molecular complexity index is 4020. The smallest absolute Gasteiger partial charge is 0.164 e. The van der Waals surface area contributed by atoms with Gasteiger partial charge in [-0.05, 0) is 92.3 Å². The third kappa shape index (κ3) is 9.28. The van der Waals surface area contributed by atoms with Gasteiger partial charge < -0.3 is 14.5 Å². The van der Waals surface area contributed by atoms with Crippen LogP contribution in [-0.2, 0) is 0 Å². The summed E-state index contributed by atoms with van der Waals surface area (Å²) in [7, 11) is 0. The zero-order valence-electron chi connectivity index (χ0n) is 40.7. The molecule has 74 heavy (non-hydrogen) atoms. The molecule has 3 aromatic heterocycles. The van der Waals surface area contributed by atoms with Crippen molar-refractivity contribution in [1.29, 1.82) is 5.26 Å². The van der Waals surface area contributed by atoms with Crippen molar-refractivity contribution in [3.63, 3.8) is 0 Å². The summed E-state index contributed by atoms with van der Waals surface area (Å²) in [6.45, 7) is 10.3. The van der Waals surface area contributed by atoms with Crippen LogP contribution in [0.25, 0.3) is 95.0 Å². The Kier molecular flexibility index (Phi) is 13.3. The number of nitriles is 1. The summed E-state index contributed by atoms with van der Waals surface area (Å²) in [5.74, 6) is 1.91. The second-order valence-corrected chi connectivity index (χ2v) is 18.8. The molecule has 0 atom stereocenters. The molecule has 8 heteroatoms. The van der Waals surface area contributed by atoms with Crippen molar-refractivity contribution in [2.24, 2.45) is 0 Å². The molecule has 0 fully saturated rings. The maximum atomic E-state index is 9.27. The van der Waals surface area contributed by atoms with E-state index in [1.165, 1.54) is 0 Å². The van der Waals surface area contributed by atoms with E-state index in [1.54, 1.807) is 17.8 Å². The first kappa shape index (κ1) is 46.8. The van der Waals surface area contributed by atoms with E-state index in [2.05, 4.69) is 161 Å². The Morgan fingerprint density at radius 3 is 2.04 bits per heavy atom. The molecule has 1 aliphatic carbocycles. The second kappa shape index (κ2) is 21.0. The summed E-state index contributed by atoms with van der Waals surface area (Å²) in [6.07, 6.45) is 25.6. The van der Waals surface area contributed by atoms with Crippen LogP contribution >= 0.6 is 11.8 Å². The second-order valence-electron chi connectivity index (χ2n) is 17.6. The van der Waals surface area contributed by atoms with Crippen LogP contribution in [0.15, 0.2) is 259 Å². The lowest BCUT2D eigenvalue weighted by atomic mass is 9.96. The molecule has 354 valence electrons. The largest absolute Gasteiger partial charge is 0.355 e. The number of nitrogens with one attached hydrogen (secondary N) is 1. The molecule has 3 heterocycles. The fourth-order valence-corrected chi connectivity index (χ4v) is 10.3. The van der Waals surface area contributed by atoms with Gasteiger partial charge >= 0.3 is 0 Å². The number of para-hydroxylation sites is 3. The van der Waals surface area contributed by atoms with Crippen LogP contribution in [0.2, 0.25) is 0 Å². The van der Waals surface area contributed by atoms with Gasteiger partial charge in [0.2, 0.25) is 0 Å². The fourth-order valence-electron chi connectivity index (χ4n) is 9.59. The number of hydrogen-bond acceptors (Lipinski definition) is 6. The van der Waals surface area contributed by atoms with Gasteiger partial charge in [0, 0.05) is 82.5 Å². The third-order valence-electron chi connectivity index (χ3n) is 13.0. The maximum Gasteiger partial charge on any atom is 0.164 e. The Morgan fingerprint density at radius 1 is 0.662 bits per heavy atom. The normalized spacial score (nSPS) is 13.1. The average molecular weight is 972 g/mol. The summed E-state index contributed by atoms with van der Waals surface area (Å²) in [5, 5.41) is 17.6. The number of rotatable bonds is 14. The van der Waals surface area contributed by atoms with Crippen LogP contribution in [0.5, 0.6) is 0 Å². The van der Waals surface area contributed by atoms with Crippen LogP contribution in [0.1, 0.15) is 24.7 Å². The minimum atomic E-state index is 0.628. The Hall–Kier alpha value is -9.55. The van der Waals surface area contributed by atoms with Crippen molar-refractivity contribution in [3.05, 3.63) is 266 Å². The van der Waals surface area contributed by atoms with Crippen molar-refractivity contribution in [1.82, 2.24) is 24.1 Å². The van der Waals surface area contributed by atoms with E-state index in [0.717, 1.165) is 98.3 Å². The van der Waals surface area contributed by atoms with Gasteiger partial charge in [-0.15, -0.1) is 0 Å². The highest BCUT2D eigenvalue weighted by molar-refractivity contribution is 8.03. The predicted molar refractivity (Wildman–Crippen MR) is 312 cm³/mol. The van der Waals surface area contributed by atoms with Crippen molar-refractivity contribution < 1.29 is 0 Å². The van der Waals surface area contributed by atoms with Gasteiger partial charge in [0.05, 0.1) is 33.7 Å². The zero-order chi connectivity index (χ0) is 50.4. The first-order valence-electron chi connectivity index (χ1n) is 24.5. The van der Waals surface area contributed by atoms with Gasteiger partial charge in [-0.1, -0.05) is 177 Å². The molecule has 1 aliphatic rings. The van der Waals surface area contributed by atoms with Gasteiger partial charge in [0.25, 0.3) is 0 Å². The summed E-state index contributed by atoms with van der Waals surface area (Å²) >= 11 is 1.56. The molecule has 1 N–H and O–H groups in total. The number of nitrogens with zero attached hydrogens (tertiary/aromatic N) is 6. The highest BCUT2D eigenvalue weighted by atomic mass is 32.2.